The molecule has 0 fully saturated rings. The monoisotopic (exact) mass is 296 g/mol. The molecule has 0 radical (unpaired) electrons. The van der Waals surface area contributed by atoms with Gasteiger partial charge in [-0.15, -0.1) is 0 Å². The third kappa shape index (κ3) is 2.72. The SMILES string of the molecule is C(#C[C@H]1Oc2ccccc2[C@H]1c1ccccc1)c1ccccc1. The highest BCUT2D eigenvalue weighted by atomic mass is 16.5. The molecule has 0 saturated carbocycles. The predicted molar refractivity (Wildman–Crippen MR) is 92.5 cm³/mol. The quantitative estimate of drug-likeness (QED) is 0.595. The van der Waals surface area contributed by atoms with Crippen LogP contribution in [0.25, 0.3) is 0 Å². The van der Waals surface area contributed by atoms with Crippen molar-refractivity contribution >= 4 is 0 Å². The largest absolute Gasteiger partial charge is 0.476 e. The Hall–Kier alpha value is -2.98. The first kappa shape index (κ1) is 13.7. The number of para-hydroxylation sites is 1. The molecule has 23 heavy (non-hydrogen) atoms. The van der Waals surface area contributed by atoms with Gasteiger partial charge in [0.2, 0.25) is 0 Å². The highest BCUT2D eigenvalue weighted by Gasteiger charge is 2.34. The zero-order valence-corrected chi connectivity index (χ0v) is 12.6. The van der Waals surface area contributed by atoms with Crippen LogP contribution in [0, 0.1) is 11.8 Å². The summed E-state index contributed by atoms with van der Waals surface area (Å²) >= 11 is 0. The van der Waals surface area contributed by atoms with Crippen LogP contribution >= 0.6 is 0 Å². The molecule has 0 N–H and O–H groups in total. The summed E-state index contributed by atoms with van der Waals surface area (Å²) in [5.41, 5.74) is 3.47. The molecule has 1 heterocycles. The molecule has 0 spiro atoms. The Morgan fingerprint density at radius 3 is 2.13 bits per heavy atom. The molecule has 0 aromatic heterocycles. The smallest absolute Gasteiger partial charge is 0.170 e. The summed E-state index contributed by atoms with van der Waals surface area (Å²) < 4.78 is 6.12. The van der Waals surface area contributed by atoms with Crippen LogP contribution in [0.2, 0.25) is 0 Å². The van der Waals surface area contributed by atoms with Gasteiger partial charge in [-0.3, -0.25) is 0 Å². The number of ether oxygens (including phenoxy) is 1. The predicted octanol–water partition coefficient (Wildman–Crippen LogP) is 4.63. The summed E-state index contributed by atoms with van der Waals surface area (Å²) in [6.07, 6.45) is -0.157. The van der Waals surface area contributed by atoms with E-state index in [1.54, 1.807) is 0 Å². The van der Waals surface area contributed by atoms with E-state index in [2.05, 4.69) is 48.2 Å². The van der Waals surface area contributed by atoms with Gasteiger partial charge in [0.1, 0.15) is 5.75 Å². The minimum absolute atomic E-state index is 0.156. The second kappa shape index (κ2) is 6.02. The van der Waals surface area contributed by atoms with Crippen LogP contribution in [0.3, 0.4) is 0 Å². The lowest BCUT2D eigenvalue weighted by Crippen LogP contribution is -2.17. The van der Waals surface area contributed by atoms with E-state index in [1.807, 2.05) is 48.5 Å². The first-order valence-electron chi connectivity index (χ1n) is 7.79. The molecule has 1 aliphatic rings. The minimum Gasteiger partial charge on any atom is -0.476 e. The first-order valence-corrected chi connectivity index (χ1v) is 7.79. The molecule has 1 nitrogen and oxygen atoms in total. The van der Waals surface area contributed by atoms with Crippen molar-refractivity contribution in [3.05, 3.63) is 102 Å². The number of benzene rings is 3. The molecule has 1 heteroatoms. The Bertz CT molecular complexity index is 856. The van der Waals surface area contributed by atoms with Crippen LogP contribution in [0.1, 0.15) is 22.6 Å². The lowest BCUT2D eigenvalue weighted by Gasteiger charge is -2.14. The van der Waals surface area contributed by atoms with Gasteiger partial charge in [0.25, 0.3) is 0 Å². The van der Waals surface area contributed by atoms with Crippen LogP contribution in [-0.4, -0.2) is 6.10 Å². The van der Waals surface area contributed by atoms with Gasteiger partial charge in [0.15, 0.2) is 6.10 Å². The van der Waals surface area contributed by atoms with Crippen molar-refractivity contribution in [1.29, 1.82) is 0 Å². The molecule has 3 aromatic rings. The summed E-state index contributed by atoms with van der Waals surface area (Å²) in [6.45, 7) is 0. The average molecular weight is 296 g/mol. The molecule has 1 aliphatic heterocycles. The van der Waals surface area contributed by atoms with Crippen LogP contribution in [-0.2, 0) is 0 Å². The Kier molecular flexibility index (Phi) is 3.58. The fourth-order valence-electron chi connectivity index (χ4n) is 3.02. The fourth-order valence-corrected chi connectivity index (χ4v) is 3.02. The molecule has 2 atom stereocenters. The van der Waals surface area contributed by atoms with Crippen LogP contribution in [0.15, 0.2) is 84.9 Å². The molecule has 0 aliphatic carbocycles. The summed E-state index contributed by atoms with van der Waals surface area (Å²) in [6, 6.07) is 28.7. The van der Waals surface area contributed by atoms with Crippen LogP contribution < -0.4 is 4.74 Å². The molecule has 0 bridgehead atoms. The van der Waals surface area contributed by atoms with E-state index in [4.69, 9.17) is 4.74 Å². The van der Waals surface area contributed by atoms with E-state index >= 15 is 0 Å². The van der Waals surface area contributed by atoms with E-state index in [9.17, 15) is 0 Å². The lowest BCUT2D eigenvalue weighted by atomic mass is 9.88. The maximum atomic E-state index is 6.12. The van der Waals surface area contributed by atoms with E-state index in [1.165, 1.54) is 11.1 Å². The molecule has 4 rings (SSSR count). The lowest BCUT2D eigenvalue weighted by molar-refractivity contribution is 0.277. The van der Waals surface area contributed by atoms with Crippen molar-refractivity contribution in [2.45, 2.75) is 12.0 Å². The van der Waals surface area contributed by atoms with Gasteiger partial charge in [-0.05, 0) is 23.8 Å². The molecule has 110 valence electrons. The van der Waals surface area contributed by atoms with Crippen LogP contribution in [0.4, 0.5) is 0 Å². The zero-order valence-electron chi connectivity index (χ0n) is 12.6. The van der Waals surface area contributed by atoms with Gasteiger partial charge in [0.05, 0.1) is 5.92 Å². The second-order valence-corrected chi connectivity index (χ2v) is 5.60. The van der Waals surface area contributed by atoms with Crippen molar-refractivity contribution in [3.8, 4) is 17.6 Å². The molecule has 3 aromatic carbocycles. The van der Waals surface area contributed by atoms with E-state index < -0.39 is 0 Å². The Balaban J connectivity index is 1.74. The third-order valence-electron chi connectivity index (χ3n) is 4.10. The zero-order chi connectivity index (χ0) is 15.5. The van der Waals surface area contributed by atoms with E-state index in [-0.39, 0.29) is 12.0 Å². The molecular formula is C22H16O. The highest BCUT2D eigenvalue weighted by molar-refractivity contribution is 5.50. The fraction of sp³-hybridized carbons (Fsp3) is 0.0909. The average Bonchev–Trinajstić information content (AvgIpc) is 3.00. The topological polar surface area (TPSA) is 9.23 Å². The van der Waals surface area contributed by atoms with Crippen molar-refractivity contribution in [2.24, 2.45) is 0 Å². The van der Waals surface area contributed by atoms with E-state index in [0.717, 1.165) is 11.3 Å². The second-order valence-electron chi connectivity index (χ2n) is 5.60. The van der Waals surface area contributed by atoms with Gasteiger partial charge in [-0.25, -0.2) is 0 Å². The summed E-state index contributed by atoms with van der Waals surface area (Å²) in [4.78, 5) is 0. The Labute approximate surface area is 136 Å². The highest BCUT2D eigenvalue weighted by Crippen LogP contribution is 2.41. The Morgan fingerprint density at radius 1 is 0.696 bits per heavy atom. The minimum atomic E-state index is -0.157. The number of hydrogen-bond acceptors (Lipinski definition) is 1. The maximum absolute atomic E-state index is 6.12. The maximum Gasteiger partial charge on any atom is 0.170 e. The summed E-state index contributed by atoms with van der Waals surface area (Å²) in [5, 5.41) is 0. The van der Waals surface area contributed by atoms with Gasteiger partial charge in [-0.2, -0.15) is 0 Å². The van der Waals surface area contributed by atoms with Gasteiger partial charge in [0, 0.05) is 11.1 Å². The number of fused-ring (bicyclic) bond motifs is 1. The van der Waals surface area contributed by atoms with Crippen molar-refractivity contribution in [1.82, 2.24) is 0 Å². The molecular weight excluding hydrogens is 280 g/mol. The number of hydrogen-bond donors (Lipinski definition) is 0. The molecule has 0 unspecified atom stereocenters. The van der Waals surface area contributed by atoms with Gasteiger partial charge < -0.3 is 4.74 Å². The third-order valence-corrected chi connectivity index (χ3v) is 4.10. The van der Waals surface area contributed by atoms with Crippen molar-refractivity contribution in [3.63, 3.8) is 0 Å². The first-order chi connectivity index (χ1) is 11.4. The Morgan fingerprint density at radius 2 is 1.35 bits per heavy atom. The van der Waals surface area contributed by atoms with Crippen LogP contribution in [0.5, 0.6) is 5.75 Å². The van der Waals surface area contributed by atoms with E-state index in [0.29, 0.717) is 0 Å². The van der Waals surface area contributed by atoms with Crippen molar-refractivity contribution in [2.75, 3.05) is 0 Å². The number of rotatable bonds is 1. The normalized spacial score (nSPS) is 18.4. The standard InChI is InChI=1S/C22H16O/c1-3-9-17(10-4-1)15-16-21-22(18-11-5-2-6-12-18)19-13-7-8-14-20(19)23-21/h1-14,21-22H/t21-,22-/m1/s1. The summed E-state index contributed by atoms with van der Waals surface area (Å²) in [5.74, 6) is 7.66. The summed E-state index contributed by atoms with van der Waals surface area (Å²) in [7, 11) is 0. The van der Waals surface area contributed by atoms with Gasteiger partial charge >= 0.3 is 0 Å². The molecule has 0 amide bonds. The van der Waals surface area contributed by atoms with Crippen molar-refractivity contribution < 1.29 is 4.74 Å². The molecule has 0 saturated heterocycles. The van der Waals surface area contributed by atoms with Gasteiger partial charge in [-0.1, -0.05) is 78.6 Å².